The third-order valence-electron chi connectivity index (χ3n) is 4.25. The predicted octanol–water partition coefficient (Wildman–Crippen LogP) is 2.03. The summed E-state index contributed by atoms with van der Waals surface area (Å²) < 4.78 is 0. The molecule has 1 saturated carbocycles. The minimum atomic E-state index is 0.141. The molecule has 3 N–H and O–H groups in total. The molecule has 0 aromatic heterocycles. The van der Waals surface area contributed by atoms with E-state index in [-0.39, 0.29) is 11.8 Å². The average molecular weight is 260 g/mol. The Kier molecular flexibility index (Phi) is 4.97. The molecule has 0 radical (unpaired) electrons. The second kappa shape index (κ2) is 6.71. The van der Waals surface area contributed by atoms with Gasteiger partial charge in [-0.05, 0) is 49.8 Å². The second-order valence-corrected chi connectivity index (χ2v) is 5.50. The Morgan fingerprint density at radius 2 is 2.16 bits per heavy atom. The molecule has 1 amide bonds. The molecule has 3 nitrogen and oxygen atoms in total. The lowest BCUT2D eigenvalue weighted by Crippen LogP contribution is -2.36. The Balaban J connectivity index is 1.80. The van der Waals surface area contributed by atoms with Crippen molar-refractivity contribution in [3.8, 4) is 0 Å². The van der Waals surface area contributed by atoms with E-state index in [4.69, 9.17) is 5.73 Å². The van der Waals surface area contributed by atoms with Crippen LogP contribution in [0.25, 0.3) is 0 Å². The van der Waals surface area contributed by atoms with Gasteiger partial charge < -0.3 is 11.1 Å². The van der Waals surface area contributed by atoms with Crippen LogP contribution in [-0.4, -0.2) is 19.0 Å². The molecular weight excluding hydrogens is 236 g/mol. The van der Waals surface area contributed by atoms with E-state index in [9.17, 15) is 4.79 Å². The molecule has 1 aliphatic rings. The van der Waals surface area contributed by atoms with E-state index in [1.54, 1.807) is 0 Å². The molecular formula is C16H24N2O. The third-order valence-corrected chi connectivity index (χ3v) is 4.25. The monoisotopic (exact) mass is 260 g/mol. The number of nitrogens with two attached hydrogens (primary N) is 1. The fraction of sp³-hybridized carbons (Fsp3) is 0.562. The van der Waals surface area contributed by atoms with Crippen molar-refractivity contribution in [1.29, 1.82) is 0 Å². The summed E-state index contributed by atoms with van der Waals surface area (Å²) >= 11 is 0. The molecule has 0 saturated heterocycles. The molecule has 3 heteroatoms. The molecule has 104 valence electrons. The summed E-state index contributed by atoms with van der Waals surface area (Å²) in [7, 11) is 0. The van der Waals surface area contributed by atoms with Gasteiger partial charge in [-0.2, -0.15) is 0 Å². The fourth-order valence-electron chi connectivity index (χ4n) is 3.01. The maximum absolute atomic E-state index is 12.1. The van der Waals surface area contributed by atoms with E-state index in [2.05, 4.69) is 24.4 Å². The highest BCUT2D eigenvalue weighted by Gasteiger charge is 2.31. The molecule has 1 aliphatic carbocycles. The highest BCUT2D eigenvalue weighted by atomic mass is 16.1. The van der Waals surface area contributed by atoms with Crippen LogP contribution in [0.3, 0.4) is 0 Å². The van der Waals surface area contributed by atoms with Gasteiger partial charge in [0.1, 0.15) is 0 Å². The van der Waals surface area contributed by atoms with Gasteiger partial charge >= 0.3 is 0 Å². The SMILES string of the molecule is Cc1ccccc1CCNC(=O)C1CCCC1CN. The maximum atomic E-state index is 12.1. The van der Waals surface area contributed by atoms with Crippen molar-refractivity contribution in [3.63, 3.8) is 0 Å². The van der Waals surface area contributed by atoms with E-state index in [1.165, 1.54) is 11.1 Å². The number of benzene rings is 1. The van der Waals surface area contributed by atoms with E-state index in [0.29, 0.717) is 12.5 Å². The molecule has 2 atom stereocenters. The number of hydrogen-bond donors (Lipinski definition) is 2. The van der Waals surface area contributed by atoms with Crippen molar-refractivity contribution in [3.05, 3.63) is 35.4 Å². The number of hydrogen-bond acceptors (Lipinski definition) is 2. The zero-order chi connectivity index (χ0) is 13.7. The Morgan fingerprint density at radius 3 is 2.89 bits per heavy atom. The summed E-state index contributed by atoms with van der Waals surface area (Å²) in [6, 6.07) is 8.33. The number of amides is 1. The highest BCUT2D eigenvalue weighted by molar-refractivity contribution is 5.79. The third kappa shape index (κ3) is 3.57. The van der Waals surface area contributed by atoms with E-state index < -0.39 is 0 Å². The van der Waals surface area contributed by atoms with Crippen LogP contribution >= 0.6 is 0 Å². The molecule has 1 aromatic carbocycles. The molecule has 19 heavy (non-hydrogen) atoms. The van der Waals surface area contributed by atoms with Gasteiger partial charge in [-0.1, -0.05) is 30.7 Å². The first kappa shape index (κ1) is 14.1. The van der Waals surface area contributed by atoms with Crippen molar-refractivity contribution in [2.45, 2.75) is 32.6 Å². The van der Waals surface area contributed by atoms with Gasteiger partial charge in [0.25, 0.3) is 0 Å². The lowest BCUT2D eigenvalue weighted by molar-refractivity contribution is -0.125. The van der Waals surface area contributed by atoms with Crippen LogP contribution in [-0.2, 0) is 11.2 Å². The topological polar surface area (TPSA) is 55.1 Å². The molecule has 0 bridgehead atoms. The van der Waals surface area contributed by atoms with Crippen LogP contribution in [0.15, 0.2) is 24.3 Å². The number of carbonyl (C=O) groups is 1. The summed E-state index contributed by atoms with van der Waals surface area (Å²) in [5.74, 6) is 0.724. The van der Waals surface area contributed by atoms with Crippen LogP contribution in [0.4, 0.5) is 0 Å². The molecule has 1 fully saturated rings. The number of nitrogens with one attached hydrogen (secondary N) is 1. The Bertz CT molecular complexity index is 431. The number of aryl methyl sites for hydroxylation is 1. The largest absolute Gasteiger partial charge is 0.356 e. The Morgan fingerprint density at radius 1 is 1.37 bits per heavy atom. The zero-order valence-corrected chi connectivity index (χ0v) is 11.7. The maximum Gasteiger partial charge on any atom is 0.223 e. The van der Waals surface area contributed by atoms with Gasteiger partial charge in [0.2, 0.25) is 5.91 Å². The molecule has 2 rings (SSSR count). The quantitative estimate of drug-likeness (QED) is 0.851. The van der Waals surface area contributed by atoms with Crippen LogP contribution in [0.1, 0.15) is 30.4 Å². The standard InChI is InChI=1S/C16H24N2O/c1-12-5-2-3-6-13(12)9-10-18-16(19)15-8-4-7-14(15)11-17/h2-3,5-6,14-15H,4,7-11,17H2,1H3,(H,18,19). The van der Waals surface area contributed by atoms with Crippen LogP contribution in [0.5, 0.6) is 0 Å². The first-order valence-electron chi connectivity index (χ1n) is 7.24. The highest BCUT2D eigenvalue weighted by Crippen LogP contribution is 2.30. The molecule has 0 heterocycles. The summed E-state index contributed by atoms with van der Waals surface area (Å²) in [5, 5.41) is 3.07. The minimum absolute atomic E-state index is 0.141. The summed E-state index contributed by atoms with van der Waals surface area (Å²) in [6.07, 6.45) is 4.14. The van der Waals surface area contributed by atoms with Crippen molar-refractivity contribution in [2.24, 2.45) is 17.6 Å². The summed E-state index contributed by atoms with van der Waals surface area (Å²) in [5.41, 5.74) is 8.32. The fourth-order valence-corrected chi connectivity index (χ4v) is 3.01. The predicted molar refractivity (Wildman–Crippen MR) is 77.8 cm³/mol. The number of rotatable bonds is 5. The summed E-state index contributed by atoms with van der Waals surface area (Å²) in [4.78, 5) is 12.1. The van der Waals surface area contributed by atoms with Crippen molar-refractivity contribution >= 4 is 5.91 Å². The van der Waals surface area contributed by atoms with Gasteiger partial charge in [0, 0.05) is 12.5 Å². The summed E-state index contributed by atoms with van der Waals surface area (Å²) in [6.45, 7) is 3.46. The lowest BCUT2D eigenvalue weighted by atomic mass is 9.95. The first-order valence-corrected chi connectivity index (χ1v) is 7.24. The van der Waals surface area contributed by atoms with E-state index in [0.717, 1.165) is 32.2 Å². The van der Waals surface area contributed by atoms with Crippen LogP contribution in [0, 0.1) is 18.8 Å². The minimum Gasteiger partial charge on any atom is -0.356 e. The first-order chi connectivity index (χ1) is 9.22. The molecule has 0 aliphatic heterocycles. The van der Waals surface area contributed by atoms with Crippen molar-refractivity contribution < 1.29 is 4.79 Å². The van der Waals surface area contributed by atoms with Gasteiger partial charge in [0.05, 0.1) is 0 Å². The van der Waals surface area contributed by atoms with Crippen LogP contribution in [0.2, 0.25) is 0 Å². The van der Waals surface area contributed by atoms with Gasteiger partial charge in [-0.3, -0.25) is 4.79 Å². The molecule has 2 unspecified atom stereocenters. The van der Waals surface area contributed by atoms with E-state index in [1.807, 2.05) is 12.1 Å². The van der Waals surface area contributed by atoms with Crippen molar-refractivity contribution in [2.75, 3.05) is 13.1 Å². The van der Waals surface area contributed by atoms with Gasteiger partial charge in [-0.15, -0.1) is 0 Å². The number of carbonyl (C=O) groups excluding carboxylic acids is 1. The lowest BCUT2D eigenvalue weighted by Gasteiger charge is -2.17. The smallest absolute Gasteiger partial charge is 0.223 e. The molecule has 0 spiro atoms. The second-order valence-electron chi connectivity index (χ2n) is 5.50. The Labute approximate surface area is 115 Å². The normalized spacial score (nSPS) is 22.4. The average Bonchev–Trinajstić information content (AvgIpc) is 2.89. The van der Waals surface area contributed by atoms with Gasteiger partial charge in [0.15, 0.2) is 0 Å². The van der Waals surface area contributed by atoms with Crippen LogP contribution < -0.4 is 11.1 Å². The van der Waals surface area contributed by atoms with E-state index >= 15 is 0 Å². The van der Waals surface area contributed by atoms with Gasteiger partial charge in [-0.25, -0.2) is 0 Å². The molecule has 1 aromatic rings. The zero-order valence-electron chi connectivity index (χ0n) is 11.7. The van der Waals surface area contributed by atoms with Crippen molar-refractivity contribution in [1.82, 2.24) is 5.32 Å². The Hall–Kier alpha value is -1.35.